The number of furan rings is 1. The molecule has 7 heteroatoms. The Hall–Kier alpha value is -3.35. The summed E-state index contributed by atoms with van der Waals surface area (Å²) in [7, 11) is 1.68. The molecule has 4 rings (SSSR count). The first kappa shape index (κ1) is 21.9. The third kappa shape index (κ3) is 4.77. The average Bonchev–Trinajstić information content (AvgIpc) is 3.24. The molecule has 1 saturated heterocycles. The molecule has 0 atom stereocenters. The lowest BCUT2D eigenvalue weighted by molar-refractivity contribution is 0.0735. The van der Waals surface area contributed by atoms with Gasteiger partial charge in [0.15, 0.2) is 5.76 Å². The van der Waals surface area contributed by atoms with Crippen molar-refractivity contribution in [3.63, 3.8) is 0 Å². The van der Waals surface area contributed by atoms with Crippen LogP contribution in [-0.2, 0) is 12.8 Å². The van der Waals surface area contributed by atoms with E-state index in [0.29, 0.717) is 18.8 Å². The van der Waals surface area contributed by atoms with Crippen LogP contribution in [-0.4, -0.2) is 54.1 Å². The Bertz CT molecular complexity index is 1050. The van der Waals surface area contributed by atoms with E-state index in [1.807, 2.05) is 24.0 Å². The highest BCUT2D eigenvalue weighted by atomic mass is 16.5. The number of rotatable bonds is 6. The lowest BCUT2D eigenvalue weighted by Gasteiger charge is -2.26. The van der Waals surface area contributed by atoms with Gasteiger partial charge in [0, 0.05) is 43.9 Å². The van der Waals surface area contributed by atoms with Gasteiger partial charge in [-0.25, -0.2) is 9.97 Å². The molecule has 1 aromatic carbocycles. The number of aromatic nitrogens is 2. The summed E-state index contributed by atoms with van der Waals surface area (Å²) >= 11 is 0. The van der Waals surface area contributed by atoms with Crippen LogP contribution in [0.4, 0.5) is 5.82 Å². The number of ether oxygens (including phenoxy) is 1. The molecule has 3 aromatic rings. The zero-order valence-corrected chi connectivity index (χ0v) is 19.0. The first-order valence-corrected chi connectivity index (χ1v) is 11.2. The van der Waals surface area contributed by atoms with Crippen molar-refractivity contribution in [1.29, 1.82) is 0 Å². The topological polar surface area (TPSA) is 71.7 Å². The summed E-state index contributed by atoms with van der Waals surface area (Å²) in [5.74, 6) is 2.95. The molecule has 1 aliphatic rings. The van der Waals surface area contributed by atoms with Crippen LogP contribution in [0.2, 0.25) is 0 Å². The first-order chi connectivity index (χ1) is 15.6. The molecule has 0 saturated carbocycles. The molecular formula is C25H30N4O3. The summed E-state index contributed by atoms with van der Waals surface area (Å²) in [5, 5.41) is 0. The van der Waals surface area contributed by atoms with E-state index in [2.05, 4.69) is 24.0 Å². The molecule has 0 radical (unpaired) electrons. The molecule has 0 spiro atoms. The monoisotopic (exact) mass is 434 g/mol. The number of hydrogen-bond acceptors (Lipinski definition) is 6. The molecule has 0 N–H and O–H groups in total. The van der Waals surface area contributed by atoms with Gasteiger partial charge in [-0.3, -0.25) is 4.79 Å². The molecule has 168 valence electrons. The van der Waals surface area contributed by atoms with Crippen LogP contribution in [0.5, 0.6) is 5.75 Å². The Kier molecular flexibility index (Phi) is 6.73. The maximum absolute atomic E-state index is 12.7. The lowest BCUT2D eigenvalue weighted by Crippen LogP contribution is -2.35. The summed E-state index contributed by atoms with van der Waals surface area (Å²) < 4.78 is 10.6. The maximum atomic E-state index is 12.7. The minimum atomic E-state index is -0.0524. The smallest absolute Gasteiger partial charge is 0.289 e. The van der Waals surface area contributed by atoms with Crippen LogP contribution in [0, 0.1) is 6.92 Å². The van der Waals surface area contributed by atoms with Gasteiger partial charge in [0.1, 0.15) is 17.4 Å². The van der Waals surface area contributed by atoms with Crippen molar-refractivity contribution in [2.45, 2.75) is 33.1 Å². The number of nitrogens with zero attached hydrogens (tertiary/aromatic N) is 4. The average molecular weight is 435 g/mol. The van der Waals surface area contributed by atoms with Gasteiger partial charge in [-0.15, -0.1) is 0 Å². The van der Waals surface area contributed by atoms with Crippen molar-refractivity contribution in [2.75, 3.05) is 38.2 Å². The number of methoxy groups -OCH3 is 1. The molecule has 1 amide bonds. The Labute approximate surface area is 189 Å². The number of benzene rings is 1. The second-order valence-electron chi connectivity index (χ2n) is 8.01. The minimum absolute atomic E-state index is 0.0524. The van der Waals surface area contributed by atoms with Crippen molar-refractivity contribution in [3.05, 3.63) is 71.1 Å². The van der Waals surface area contributed by atoms with E-state index in [4.69, 9.17) is 19.1 Å². The quantitative estimate of drug-likeness (QED) is 0.586. The van der Waals surface area contributed by atoms with E-state index in [1.54, 1.807) is 25.5 Å². The van der Waals surface area contributed by atoms with Crippen LogP contribution in [0.25, 0.3) is 0 Å². The third-order valence-corrected chi connectivity index (χ3v) is 5.87. The number of amides is 1. The summed E-state index contributed by atoms with van der Waals surface area (Å²) in [4.78, 5) is 26.5. The van der Waals surface area contributed by atoms with Crippen LogP contribution in [0.15, 0.2) is 47.1 Å². The Morgan fingerprint density at radius 2 is 1.91 bits per heavy atom. The van der Waals surface area contributed by atoms with Gasteiger partial charge in [-0.05, 0) is 49.6 Å². The highest BCUT2D eigenvalue weighted by Gasteiger charge is 2.25. The van der Waals surface area contributed by atoms with E-state index in [9.17, 15) is 4.79 Å². The molecule has 0 bridgehead atoms. The minimum Gasteiger partial charge on any atom is -0.497 e. The Morgan fingerprint density at radius 3 is 2.59 bits per heavy atom. The number of aryl methyl sites for hydroxylation is 2. The van der Waals surface area contributed by atoms with Crippen molar-refractivity contribution in [3.8, 4) is 5.75 Å². The van der Waals surface area contributed by atoms with Crippen molar-refractivity contribution < 1.29 is 13.9 Å². The summed E-state index contributed by atoms with van der Waals surface area (Å²) in [6.45, 7) is 6.99. The fraction of sp³-hybridized carbons (Fsp3) is 0.400. The summed E-state index contributed by atoms with van der Waals surface area (Å²) in [5.41, 5.74) is 3.43. The normalized spacial score (nSPS) is 14.3. The maximum Gasteiger partial charge on any atom is 0.289 e. The zero-order chi connectivity index (χ0) is 22.5. The summed E-state index contributed by atoms with van der Waals surface area (Å²) in [6, 6.07) is 11.6. The van der Waals surface area contributed by atoms with Gasteiger partial charge in [-0.1, -0.05) is 19.1 Å². The molecule has 0 aliphatic carbocycles. The van der Waals surface area contributed by atoms with Gasteiger partial charge < -0.3 is 19.0 Å². The highest BCUT2D eigenvalue weighted by molar-refractivity contribution is 5.91. The lowest BCUT2D eigenvalue weighted by atomic mass is 10.0. The van der Waals surface area contributed by atoms with Gasteiger partial charge >= 0.3 is 0 Å². The van der Waals surface area contributed by atoms with Gasteiger partial charge in [0.2, 0.25) is 0 Å². The van der Waals surface area contributed by atoms with E-state index in [1.165, 1.54) is 5.56 Å². The number of anilines is 1. The molecular weight excluding hydrogens is 404 g/mol. The molecule has 1 aliphatic heterocycles. The molecule has 32 heavy (non-hydrogen) atoms. The Morgan fingerprint density at radius 1 is 1.09 bits per heavy atom. The third-order valence-electron chi connectivity index (χ3n) is 5.87. The number of hydrogen-bond donors (Lipinski definition) is 0. The molecule has 7 nitrogen and oxygen atoms in total. The largest absolute Gasteiger partial charge is 0.497 e. The standard InChI is InChI=1S/C25H30N4O3/c1-4-22-21(17-19-8-10-20(31-3)11-9-19)24(27-18(2)26-22)28-12-6-13-29(15-14-28)25(30)23-7-5-16-32-23/h5,7-11,16H,4,6,12-15,17H2,1-3H3. The molecule has 3 heterocycles. The molecule has 1 fully saturated rings. The second-order valence-corrected chi connectivity index (χ2v) is 8.01. The van der Waals surface area contributed by atoms with Crippen LogP contribution in [0.1, 0.15) is 46.5 Å². The predicted molar refractivity (Wildman–Crippen MR) is 123 cm³/mol. The van der Waals surface area contributed by atoms with Gasteiger partial charge in [0.05, 0.1) is 13.4 Å². The van der Waals surface area contributed by atoms with Crippen molar-refractivity contribution in [2.24, 2.45) is 0 Å². The van der Waals surface area contributed by atoms with Gasteiger partial charge in [-0.2, -0.15) is 0 Å². The molecule has 2 aromatic heterocycles. The Balaban J connectivity index is 1.59. The fourth-order valence-electron chi connectivity index (χ4n) is 4.21. The van der Waals surface area contributed by atoms with E-state index < -0.39 is 0 Å². The van der Waals surface area contributed by atoms with E-state index in [-0.39, 0.29) is 5.91 Å². The van der Waals surface area contributed by atoms with Crippen molar-refractivity contribution in [1.82, 2.24) is 14.9 Å². The van der Waals surface area contributed by atoms with Gasteiger partial charge in [0.25, 0.3) is 5.91 Å². The highest BCUT2D eigenvalue weighted by Crippen LogP contribution is 2.27. The van der Waals surface area contributed by atoms with E-state index in [0.717, 1.165) is 61.0 Å². The fourth-order valence-corrected chi connectivity index (χ4v) is 4.21. The SMILES string of the molecule is CCc1nc(C)nc(N2CCCN(C(=O)c3ccco3)CC2)c1Cc1ccc(OC)cc1. The second kappa shape index (κ2) is 9.85. The molecule has 0 unspecified atom stereocenters. The zero-order valence-electron chi connectivity index (χ0n) is 19.0. The predicted octanol–water partition coefficient (Wildman–Crippen LogP) is 3.89. The first-order valence-electron chi connectivity index (χ1n) is 11.2. The number of carbonyl (C=O) groups excluding carboxylic acids is 1. The van der Waals surface area contributed by atoms with E-state index >= 15 is 0 Å². The van der Waals surface area contributed by atoms with Crippen LogP contribution >= 0.6 is 0 Å². The van der Waals surface area contributed by atoms with Crippen molar-refractivity contribution >= 4 is 11.7 Å². The summed E-state index contributed by atoms with van der Waals surface area (Å²) in [6.07, 6.45) is 4.02. The van der Waals surface area contributed by atoms with Crippen LogP contribution in [0.3, 0.4) is 0 Å². The number of carbonyl (C=O) groups is 1. The van der Waals surface area contributed by atoms with Crippen LogP contribution < -0.4 is 9.64 Å².